The monoisotopic (exact) mass is 337 g/mol. The molecule has 1 aromatic carbocycles. The largest absolute Gasteiger partial charge is 0.341 e. The number of carbonyl (C=O) groups excluding carboxylic acids is 2. The Hall–Kier alpha value is -1.75. The van der Waals surface area contributed by atoms with Crippen molar-refractivity contribution in [3.63, 3.8) is 0 Å². The molecule has 0 bridgehead atoms. The zero-order valence-electron chi connectivity index (χ0n) is 14.5. The quantitative estimate of drug-likeness (QED) is 0.856. The Kier molecular flexibility index (Phi) is 4.37. The summed E-state index contributed by atoms with van der Waals surface area (Å²) in [6.07, 6.45) is -0.351. The van der Waals surface area contributed by atoms with E-state index in [1.807, 2.05) is 20.8 Å². The molecule has 0 aliphatic carbocycles. The molecule has 0 saturated carbocycles. The van der Waals surface area contributed by atoms with Crippen LogP contribution >= 0.6 is 11.6 Å². The van der Waals surface area contributed by atoms with Gasteiger partial charge in [-0.15, -0.1) is 0 Å². The van der Waals surface area contributed by atoms with E-state index >= 15 is 0 Å². The fourth-order valence-corrected chi connectivity index (χ4v) is 3.54. The van der Waals surface area contributed by atoms with Crippen molar-refractivity contribution in [3.8, 4) is 0 Å². The lowest BCUT2D eigenvalue weighted by atomic mass is 9.87. The molecule has 3 amide bonds. The van der Waals surface area contributed by atoms with Crippen molar-refractivity contribution in [2.75, 3.05) is 14.1 Å². The van der Waals surface area contributed by atoms with Gasteiger partial charge in [0.25, 0.3) is 5.91 Å². The fraction of sp³-hybridized carbons (Fsp3) is 0.529. The highest BCUT2D eigenvalue weighted by molar-refractivity contribution is 6.30. The van der Waals surface area contributed by atoms with E-state index in [0.29, 0.717) is 5.02 Å². The summed E-state index contributed by atoms with van der Waals surface area (Å²) in [6, 6.07) is 6.80. The summed E-state index contributed by atoms with van der Waals surface area (Å²) in [4.78, 5) is 29.0. The molecule has 0 radical (unpaired) electrons. The van der Waals surface area contributed by atoms with Crippen LogP contribution in [0.5, 0.6) is 0 Å². The summed E-state index contributed by atoms with van der Waals surface area (Å²) < 4.78 is 0. The van der Waals surface area contributed by atoms with Gasteiger partial charge in [-0.3, -0.25) is 9.69 Å². The lowest BCUT2D eigenvalue weighted by Gasteiger charge is -2.41. The van der Waals surface area contributed by atoms with Crippen LogP contribution in [0.15, 0.2) is 24.3 Å². The van der Waals surface area contributed by atoms with E-state index in [9.17, 15) is 9.59 Å². The van der Waals surface area contributed by atoms with E-state index in [1.54, 1.807) is 55.1 Å². The van der Waals surface area contributed by atoms with E-state index in [2.05, 4.69) is 5.32 Å². The molecule has 2 rings (SSSR count). The smallest absolute Gasteiger partial charge is 0.319 e. The van der Waals surface area contributed by atoms with Gasteiger partial charge in [0.05, 0.1) is 0 Å². The number of halogens is 1. The summed E-state index contributed by atoms with van der Waals surface area (Å²) in [7, 11) is 3.32. The molecule has 1 heterocycles. The first-order valence-corrected chi connectivity index (χ1v) is 7.97. The van der Waals surface area contributed by atoms with Crippen LogP contribution in [0.4, 0.5) is 4.79 Å². The molecular formula is C17H24ClN3O2. The van der Waals surface area contributed by atoms with Crippen LogP contribution in [0.25, 0.3) is 0 Å². The van der Waals surface area contributed by atoms with Gasteiger partial charge in [0, 0.05) is 24.5 Å². The second-order valence-corrected chi connectivity index (χ2v) is 7.60. The maximum Gasteiger partial charge on any atom is 0.319 e. The number of rotatable bonds is 1. The minimum atomic E-state index is -1.07. The molecule has 1 aliphatic rings. The standard InChI is InChI=1S/C17H24ClN3O2/c1-16(2,3)13-20(6)14(22)17(4,21(13)15(23)19-5)11-7-9-12(18)10-8-11/h7-10,13H,1-6H3,(H,19,23). The van der Waals surface area contributed by atoms with Gasteiger partial charge in [-0.25, -0.2) is 4.79 Å². The molecule has 1 N–H and O–H groups in total. The number of hydrogen-bond donors (Lipinski definition) is 1. The number of nitrogens with zero attached hydrogens (tertiary/aromatic N) is 2. The van der Waals surface area contributed by atoms with Gasteiger partial charge in [0.15, 0.2) is 0 Å². The Labute approximate surface area is 142 Å². The molecule has 5 nitrogen and oxygen atoms in total. The van der Waals surface area contributed by atoms with Crippen molar-refractivity contribution < 1.29 is 9.59 Å². The molecule has 6 heteroatoms. The summed E-state index contributed by atoms with van der Waals surface area (Å²) >= 11 is 5.97. The first-order chi connectivity index (χ1) is 10.5. The van der Waals surface area contributed by atoms with Crippen LogP contribution in [-0.4, -0.2) is 42.0 Å². The van der Waals surface area contributed by atoms with Gasteiger partial charge < -0.3 is 10.2 Å². The van der Waals surface area contributed by atoms with Crippen LogP contribution in [0.2, 0.25) is 5.02 Å². The summed E-state index contributed by atoms with van der Waals surface area (Å²) in [6.45, 7) is 7.84. The number of hydrogen-bond acceptors (Lipinski definition) is 2. The van der Waals surface area contributed by atoms with Crippen LogP contribution in [0.1, 0.15) is 33.3 Å². The number of carbonyl (C=O) groups is 2. The molecule has 1 aliphatic heterocycles. The Balaban J connectivity index is 2.66. The molecule has 126 valence electrons. The average molecular weight is 338 g/mol. The minimum Gasteiger partial charge on any atom is -0.341 e. The van der Waals surface area contributed by atoms with Crippen molar-refractivity contribution in [2.45, 2.75) is 39.4 Å². The van der Waals surface area contributed by atoms with Crippen molar-refractivity contribution in [1.29, 1.82) is 0 Å². The van der Waals surface area contributed by atoms with Crippen LogP contribution < -0.4 is 5.32 Å². The number of amides is 3. The van der Waals surface area contributed by atoms with Crippen molar-refractivity contribution >= 4 is 23.5 Å². The van der Waals surface area contributed by atoms with Crippen LogP contribution in [0, 0.1) is 5.41 Å². The molecule has 0 spiro atoms. The van der Waals surface area contributed by atoms with Crippen molar-refractivity contribution in [2.24, 2.45) is 5.41 Å². The first-order valence-electron chi connectivity index (χ1n) is 7.59. The third-order valence-corrected chi connectivity index (χ3v) is 4.70. The first kappa shape index (κ1) is 17.6. The normalized spacial score (nSPS) is 25.0. The molecule has 0 aromatic heterocycles. The van der Waals surface area contributed by atoms with Gasteiger partial charge in [-0.05, 0) is 24.6 Å². The van der Waals surface area contributed by atoms with Crippen LogP contribution in [0.3, 0.4) is 0 Å². The topological polar surface area (TPSA) is 52.7 Å². The maximum absolute atomic E-state index is 13.1. The second kappa shape index (κ2) is 5.71. The summed E-state index contributed by atoms with van der Waals surface area (Å²) in [5.74, 6) is -0.108. The van der Waals surface area contributed by atoms with E-state index < -0.39 is 5.54 Å². The highest BCUT2D eigenvalue weighted by Crippen LogP contribution is 2.44. The third kappa shape index (κ3) is 2.67. The zero-order valence-corrected chi connectivity index (χ0v) is 15.2. The average Bonchev–Trinajstić information content (AvgIpc) is 2.69. The lowest BCUT2D eigenvalue weighted by molar-refractivity contribution is -0.133. The number of benzene rings is 1. The maximum atomic E-state index is 13.1. The Morgan fingerprint density at radius 3 is 2.22 bits per heavy atom. The Morgan fingerprint density at radius 2 is 1.78 bits per heavy atom. The highest BCUT2D eigenvalue weighted by Gasteiger charge is 2.59. The van der Waals surface area contributed by atoms with Crippen molar-refractivity contribution in [1.82, 2.24) is 15.1 Å². The number of urea groups is 1. The molecule has 1 aromatic rings. The summed E-state index contributed by atoms with van der Waals surface area (Å²) in [5, 5.41) is 3.26. The van der Waals surface area contributed by atoms with Crippen LogP contribution in [-0.2, 0) is 10.3 Å². The molecule has 1 fully saturated rings. The molecule has 2 atom stereocenters. The molecular weight excluding hydrogens is 314 g/mol. The van der Waals surface area contributed by atoms with E-state index in [1.165, 1.54) is 0 Å². The number of nitrogens with one attached hydrogen (secondary N) is 1. The lowest BCUT2D eigenvalue weighted by Crippen LogP contribution is -2.56. The predicted molar refractivity (Wildman–Crippen MR) is 91.1 cm³/mol. The molecule has 2 unspecified atom stereocenters. The molecule has 1 saturated heterocycles. The highest BCUT2D eigenvalue weighted by atomic mass is 35.5. The Morgan fingerprint density at radius 1 is 1.26 bits per heavy atom. The zero-order chi connectivity index (χ0) is 17.6. The van der Waals surface area contributed by atoms with Gasteiger partial charge in [-0.1, -0.05) is 44.5 Å². The van der Waals surface area contributed by atoms with Gasteiger partial charge in [0.1, 0.15) is 11.7 Å². The fourth-order valence-electron chi connectivity index (χ4n) is 3.42. The van der Waals surface area contributed by atoms with E-state index in [-0.39, 0.29) is 23.5 Å². The van der Waals surface area contributed by atoms with Gasteiger partial charge in [-0.2, -0.15) is 0 Å². The Bertz CT molecular complexity index is 624. The summed E-state index contributed by atoms with van der Waals surface area (Å²) in [5.41, 5.74) is -0.618. The second-order valence-electron chi connectivity index (χ2n) is 7.16. The van der Waals surface area contributed by atoms with Gasteiger partial charge in [0.2, 0.25) is 0 Å². The number of likely N-dealkylation sites (N-methyl/N-ethyl adjacent to an activating group) is 1. The third-order valence-electron chi connectivity index (χ3n) is 4.44. The van der Waals surface area contributed by atoms with E-state index in [0.717, 1.165) is 5.56 Å². The minimum absolute atomic E-state index is 0.108. The predicted octanol–water partition coefficient (Wildman–Crippen LogP) is 3.04. The van der Waals surface area contributed by atoms with Crippen molar-refractivity contribution in [3.05, 3.63) is 34.9 Å². The van der Waals surface area contributed by atoms with E-state index in [4.69, 9.17) is 11.6 Å². The SMILES string of the molecule is CNC(=O)N1C(C(C)(C)C)N(C)C(=O)C1(C)c1ccc(Cl)cc1. The molecule has 23 heavy (non-hydrogen) atoms. The van der Waals surface area contributed by atoms with Gasteiger partial charge >= 0.3 is 6.03 Å².